The van der Waals surface area contributed by atoms with Crippen molar-refractivity contribution >= 4 is 34.2 Å². The third-order valence-corrected chi connectivity index (χ3v) is 4.53. The van der Waals surface area contributed by atoms with Crippen LogP contribution >= 0.6 is 0 Å². The van der Waals surface area contributed by atoms with Crippen LogP contribution in [0, 0.1) is 5.41 Å². The van der Waals surface area contributed by atoms with Crippen LogP contribution in [0.4, 0.5) is 18.9 Å². The topological polar surface area (TPSA) is 124 Å². The summed E-state index contributed by atoms with van der Waals surface area (Å²) in [4.78, 5) is 23.7. The zero-order chi connectivity index (χ0) is 23.0. The first-order valence-corrected chi connectivity index (χ1v) is 9.05. The lowest BCUT2D eigenvalue weighted by Gasteiger charge is -2.11. The molecule has 4 rings (SSSR count). The summed E-state index contributed by atoms with van der Waals surface area (Å²) >= 11 is 0. The highest BCUT2D eigenvalue weighted by molar-refractivity contribution is 6.10. The lowest BCUT2D eigenvalue weighted by atomic mass is 10.0. The minimum absolute atomic E-state index is 0.0118. The van der Waals surface area contributed by atoms with Crippen molar-refractivity contribution < 1.29 is 37.0 Å². The number of rotatable bonds is 4. The standard InChI is InChI=1S/C21H14F3N3O5/c22-21(23,24)19(29)32-20-30-15-7-6-12(9-16(15)31-20)18(28)27-14-3-1-2-10-4-5-11(17(25)26)8-13(10)14/h1-9,20H,(H3,25,26)(H,27,28). The average molecular weight is 445 g/mol. The molecule has 1 heterocycles. The molecular formula is C21H14F3N3O5. The van der Waals surface area contributed by atoms with Gasteiger partial charge in [0, 0.05) is 22.2 Å². The number of amides is 1. The molecule has 0 aliphatic carbocycles. The quantitative estimate of drug-likeness (QED) is 0.321. The molecule has 32 heavy (non-hydrogen) atoms. The van der Waals surface area contributed by atoms with Crippen molar-refractivity contribution in [2.45, 2.75) is 12.7 Å². The van der Waals surface area contributed by atoms with Gasteiger partial charge in [-0.2, -0.15) is 13.2 Å². The van der Waals surface area contributed by atoms with Crippen LogP contribution in [0.1, 0.15) is 15.9 Å². The molecule has 1 atom stereocenters. The van der Waals surface area contributed by atoms with E-state index in [1.54, 1.807) is 30.3 Å². The number of hydrogen-bond donors (Lipinski definition) is 3. The molecule has 1 aliphatic heterocycles. The van der Waals surface area contributed by atoms with Crippen LogP contribution in [-0.4, -0.2) is 30.4 Å². The Morgan fingerprint density at radius 3 is 2.44 bits per heavy atom. The monoisotopic (exact) mass is 445 g/mol. The van der Waals surface area contributed by atoms with Gasteiger partial charge in [0.05, 0.1) is 0 Å². The summed E-state index contributed by atoms with van der Waals surface area (Å²) in [5, 5.41) is 11.8. The van der Waals surface area contributed by atoms with E-state index in [9.17, 15) is 22.8 Å². The minimum Gasteiger partial charge on any atom is -0.419 e. The Morgan fingerprint density at radius 2 is 1.72 bits per heavy atom. The van der Waals surface area contributed by atoms with Gasteiger partial charge in [-0.15, -0.1) is 0 Å². The summed E-state index contributed by atoms with van der Waals surface area (Å²) in [5.41, 5.74) is 6.61. The number of ether oxygens (including phenoxy) is 3. The number of halogens is 3. The van der Waals surface area contributed by atoms with Gasteiger partial charge in [0.1, 0.15) is 5.84 Å². The molecule has 1 amide bonds. The molecule has 4 N–H and O–H groups in total. The van der Waals surface area contributed by atoms with E-state index < -0.39 is 24.5 Å². The van der Waals surface area contributed by atoms with E-state index in [0.717, 1.165) is 5.39 Å². The Bertz CT molecular complexity index is 1260. The van der Waals surface area contributed by atoms with Crippen LogP contribution in [-0.2, 0) is 9.53 Å². The number of carbonyl (C=O) groups is 2. The van der Waals surface area contributed by atoms with Crippen molar-refractivity contribution in [2.24, 2.45) is 5.73 Å². The average Bonchev–Trinajstić information content (AvgIpc) is 3.14. The highest BCUT2D eigenvalue weighted by Crippen LogP contribution is 2.36. The van der Waals surface area contributed by atoms with Gasteiger partial charge < -0.3 is 25.3 Å². The van der Waals surface area contributed by atoms with Gasteiger partial charge in [0.2, 0.25) is 0 Å². The highest BCUT2D eigenvalue weighted by Gasteiger charge is 2.44. The number of amidine groups is 1. The zero-order valence-electron chi connectivity index (χ0n) is 16.0. The van der Waals surface area contributed by atoms with Gasteiger partial charge in [-0.1, -0.05) is 24.3 Å². The molecular weight excluding hydrogens is 431 g/mol. The van der Waals surface area contributed by atoms with Gasteiger partial charge in [-0.05, 0) is 35.7 Å². The molecule has 0 aromatic heterocycles. The maximum Gasteiger partial charge on any atom is 0.491 e. The number of fused-ring (bicyclic) bond motifs is 2. The fraction of sp³-hybridized carbons (Fsp3) is 0.0952. The van der Waals surface area contributed by atoms with Gasteiger partial charge in [-0.25, -0.2) is 4.79 Å². The highest BCUT2D eigenvalue weighted by atomic mass is 19.4. The number of carbonyl (C=O) groups excluding carboxylic acids is 2. The summed E-state index contributed by atoms with van der Waals surface area (Å²) in [6.45, 7) is -1.92. The number of anilines is 1. The van der Waals surface area contributed by atoms with E-state index in [4.69, 9.17) is 20.6 Å². The molecule has 3 aromatic carbocycles. The van der Waals surface area contributed by atoms with Crippen LogP contribution < -0.4 is 20.5 Å². The Balaban J connectivity index is 1.53. The summed E-state index contributed by atoms with van der Waals surface area (Å²) in [5.74, 6) is -3.17. The van der Waals surface area contributed by atoms with E-state index in [-0.39, 0.29) is 22.9 Å². The van der Waals surface area contributed by atoms with Crippen LogP contribution in [0.3, 0.4) is 0 Å². The zero-order valence-corrected chi connectivity index (χ0v) is 16.0. The normalized spacial score (nSPS) is 14.8. The molecule has 8 nitrogen and oxygen atoms in total. The predicted octanol–water partition coefficient (Wildman–Crippen LogP) is 3.54. The largest absolute Gasteiger partial charge is 0.491 e. The molecule has 11 heteroatoms. The van der Waals surface area contributed by atoms with Crippen molar-refractivity contribution in [3.63, 3.8) is 0 Å². The fourth-order valence-electron chi connectivity index (χ4n) is 3.02. The predicted molar refractivity (Wildman–Crippen MR) is 107 cm³/mol. The number of esters is 1. The molecule has 0 bridgehead atoms. The molecule has 1 unspecified atom stereocenters. The second-order valence-corrected chi connectivity index (χ2v) is 6.70. The van der Waals surface area contributed by atoms with E-state index in [2.05, 4.69) is 10.1 Å². The smallest absolute Gasteiger partial charge is 0.419 e. The van der Waals surface area contributed by atoms with Gasteiger partial charge in [0.15, 0.2) is 11.5 Å². The number of nitrogens with two attached hydrogens (primary N) is 1. The summed E-state index contributed by atoms with van der Waals surface area (Å²) in [6, 6.07) is 14.3. The molecule has 0 radical (unpaired) electrons. The molecule has 164 valence electrons. The van der Waals surface area contributed by atoms with Crippen molar-refractivity contribution in [1.29, 1.82) is 5.41 Å². The lowest BCUT2D eigenvalue weighted by Crippen LogP contribution is -2.33. The van der Waals surface area contributed by atoms with Gasteiger partial charge >= 0.3 is 18.6 Å². The minimum atomic E-state index is -5.20. The number of nitrogen functional groups attached to an aromatic ring is 1. The third kappa shape index (κ3) is 4.13. The summed E-state index contributed by atoms with van der Waals surface area (Å²) in [6.07, 6.45) is -5.20. The van der Waals surface area contributed by atoms with Gasteiger partial charge in [-0.3, -0.25) is 10.2 Å². The Kier molecular flexibility index (Phi) is 5.09. The Labute approximate surface area is 178 Å². The van der Waals surface area contributed by atoms with Crippen LogP contribution in [0.15, 0.2) is 54.6 Å². The Morgan fingerprint density at radius 1 is 1.00 bits per heavy atom. The maximum atomic E-state index is 12.8. The molecule has 0 saturated heterocycles. The van der Waals surface area contributed by atoms with Crippen LogP contribution in [0.25, 0.3) is 10.8 Å². The van der Waals surface area contributed by atoms with Crippen molar-refractivity contribution in [3.8, 4) is 11.5 Å². The first-order chi connectivity index (χ1) is 15.1. The van der Waals surface area contributed by atoms with Crippen molar-refractivity contribution in [3.05, 3.63) is 65.7 Å². The molecule has 0 saturated carbocycles. The number of nitrogens with one attached hydrogen (secondary N) is 2. The fourth-order valence-corrected chi connectivity index (χ4v) is 3.02. The Hall–Kier alpha value is -4.28. The van der Waals surface area contributed by atoms with E-state index >= 15 is 0 Å². The van der Waals surface area contributed by atoms with Crippen LogP contribution in [0.2, 0.25) is 0 Å². The molecule has 3 aromatic rings. The van der Waals surface area contributed by atoms with E-state index in [1.165, 1.54) is 18.2 Å². The molecule has 1 aliphatic rings. The molecule has 0 fully saturated rings. The second-order valence-electron chi connectivity index (χ2n) is 6.70. The second kappa shape index (κ2) is 7.76. The number of alkyl halides is 3. The summed E-state index contributed by atoms with van der Waals surface area (Å²) in [7, 11) is 0. The molecule has 0 spiro atoms. The van der Waals surface area contributed by atoms with E-state index in [0.29, 0.717) is 16.6 Å². The number of hydrogen-bond acceptors (Lipinski definition) is 6. The SMILES string of the molecule is N=C(N)c1ccc2cccc(NC(=O)c3ccc4c(c3)OC(OC(=O)C(F)(F)F)O4)c2c1. The summed E-state index contributed by atoms with van der Waals surface area (Å²) < 4.78 is 51.1. The third-order valence-electron chi connectivity index (χ3n) is 4.53. The van der Waals surface area contributed by atoms with Crippen molar-refractivity contribution in [2.75, 3.05) is 5.32 Å². The van der Waals surface area contributed by atoms with E-state index in [1.807, 2.05) is 6.07 Å². The maximum absolute atomic E-state index is 12.8. The van der Waals surface area contributed by atoms with Gasteiger partial charge in [0.25, 0.3) is 5.91 Å². The number of benzene rings is 3. The lowest BCUT2D eigenvalue weighted by molar-refractivity contribution is -0.237. The first-order valence-electron chi connectivity index (χ1n) is 9.05. The van der Waals surface area contributed by atoms with Crippen LogP contribution in [0.5, 0.6) is 11.5 Å². The van der Waals surface area contributed by atoms with Crippen molar-refractivity contribution in [1.82, 2.24) is 0 Å². The first kappa shape index (κ1) is 21.0.